The van der Waals surface area contributed by atoms with E-state index < -0.39 is 0 Å². The molecule has 0 amide bonds. The Balaban J connectivity index is 0.00000338. The molecule has 1 aliphatic rings. The maximum atomic E-state index is 5.05. The minimum atomic E-state index is 0. The number of aliphatic imine (C=N–C) groups is 1. The minimum absolute atomic E-state index is 0. The number of nitrogens with zero attached hydrogens (tertiary/aromatic N) is 3. The van der Waals surface area contributed by atoms with Crippen molar-refractivity contribution in [2.45, 2.75) is 12.5 Å². The van der Waals surface area contributed by atoms with E-state index in [1.807, 2.05) is 0 Å². The highest BCUT2D eigenvalue weighted by Gasteiger charge is 2.25. The van der Waals surface area contributed by atoms with Crippen molar-refractivity contribution in [2.75, 3.05) is 67.1 Å². The number of methoxy groups -OCH3 is 1. The summed E-state index contributed by atoms with van der Waals surface area (Å²) in [5.41, 5.74) is 1.42. The minimum Gasteiger partial charge on any atom is -0.383 e. The predicted molar refractivity (Wildman–Crippen MR) is 120 cm³/mol. The van der Waals surface area contributed by atoms with Crippen LogP contribution in [0.3, 0.4) is 0 Å². The highest BCUT2D eigenvalue weighted by atomic mass is 127. The SMILES string of the molecule is CN=C(NCCCN1CCN(C)CC1c1ccccc1)NCCOC.I. The molecule has 1 heterocycles. The lowest BCUT2D eigenvalue weighted by Gasteiger charge is -2.40. The van der Waals surface area contributed by atoms with Crippen LogP contribution in [0.2, 0.25) is 0 Å². The van der Waals surface area contributed by atoms with Gasteiger partial charge in [-0.2, -0.15) is 0 Å². The van der Waals surface area contributed by atoms with Crippen LogP contribution < -0.4 is 10.6 Å². The highest BCUT2D eigenvalue weighted by Crippen LogP contribution is 2.24. The zero-order valence-corrected chi connectivity index (χ0v) is 18.6. The van der Waals surface area contributed by atoms with Crippen LogP contribution >= 0.6 is 24.0 Å². The van der Waals surface area contributed by atoms with Gasteiger partial charge in [0, 0.05) is 59.5 Å². The van der Waals surface area contributed by atoms with E-state index in [1.165, 1.54) is 5.56 Å². The first kappa shape index (κ1) is 23.1. The fourth-order valence-corrected chi connectivity index (χ4v) is 3.20. The number of likely N-dealkylation sites (N-methyl/N-ethyl adjacent to an activating group) is 1. The second-order valence-electron chi connectivity index (χ2n) is 6.50. The summed E-state index contributed by atoms with van der Waals surface area (Å²) in [5.74, 6) is 0.843. The van der Waals surface area contributed by atoms with Gasteiger partial charge in [0.15, 0.2) is 5.96 Å². The molecule has 7 heteroatoms. The lowest BCUT2D eigenvalue weighted by atomic mass is 10.0. The number of nitrogens with one attached hydrogen (secondary N) is 2. The maximum Gasteiger partial charge on any atom is 0.191 e. The van der Waals surface area contributed by atoms with Gasteiger partial charge >= 0.3 is 0 Å². The van der Waals surface area contributed by atoms with Crippen molar-refractivity contribution in [2.24, 2.45) is 4.99 Å². The van der Waals surface area contributed by atoms with Crippen LogP contribution in [0.1, 0.15) is 18.0 Å². The van der Waals surface area contributed by atoms with E-state index >= 15 is 0 Å². The van der Waals surface area contributed by atoms with E-state index in [9.17, 15) is 0 Å². The first-order valence-corrected chi connectivity index (χ1v) is 9.15. The fraction of sp³-hybridized carbons (Fsp3) is 0.632. The average Bonchev–Trinajstić information content (AvgIpc) is 2.65. The Hall–Kier alpha value is -0.900. The molecule has 1 fully saturated rings. The molecule has 0 bridgehead atoms. The van der Waals surface area contributed by atoms with Crippen LogP contribution in [-0.4, -0.2) is 82.8 Å². The quantitative estimate of drug-likeness (QED) is 0.260. The van der Waals surface area contributed by atoms with E-state index in [2.05, 4.69) is 62.8 Å². The van der Waals surface area contributed by atoms with Crippen molar-refractivity contribution in [1.29, 1.82) is 0 Å². The summed E-state index contributed by atoms with van der Waals surface area (Å²) in [6.07, 6.45) is 1.10. The number of piperazine rings is 1. The molecule has 1 unspecified atom stereocenters. The van der Waals surface area contributed by atoms with E-state index in [4.69, 9.17) is 4.74 Å². The number of benzene rings is 1. The van der Waals surface area contributed by atoms with Crippen molar-refractivity contribution in [1.82, 2.24) is 20.4 Å². The fourth-order valence-electron chi connectivity index (χ4n) is 3.20. The molecule has 0 aromatic heterocycles. The second kappa shape index (κ2) is 13.3. The summed E-state index contributed by atoms with van der Waals surface area (Å²) >= 11 is 0. The summed E-state index contributed by atoms with van der Waals surface area (Å²) in [7, 11) is 5.72. The zero-order chi connectivity index (χ0) is 17.9. The molecular formula is C19H34IN5O. The third-order valence-corrected chi connectivity index (χ3v) is 4.62. The number of ether oxygens (including phenoxy) is 1. The van der Waals surface area contributed by atoms with Gasteiger partial charge in [-0.05, 0) is 19.0 Å². The van der Waals surface area contributed by atoms with Crippen LogP contribution in [0.15, 0.2) is 35.3 Å². The predicted octanol–water partition coefficient (Wildman–Crippen LogP) is 1.79. The van der Waals surface area contributed by atoms with Crippen LogP contribution in [0.5, 0.6) is 0 Å². The molecule has 1 aromatic rings. The molecule has 26 heavy (non-hydrogen) atoms. The van der Waals surface area contributed by atoms with Gasteiger partial charge in [0.1, 0.15) is 0 Å². The van der Waals surface area contributed by atoms with Crippen LogP contribution in [0.4, 0.5) is 0 Å². The van der Waals surface area contributed by atoms with Crippen molar-refractivity contribution in [3.63, 3.8) is 0 Å². The van der Waals surface area contributed by atoms with Crippen molar-refractivity contribution in [3.8, 4) is 0 Å². The molecule has 0 spiro atoms. The number of hydrogen-bond donors (Lipinski definition) is 2. The van der Waals surface area contributed by atoms with Crippen LogP contribution in [0, 0.1) is 0 Å². The van der Waals surface area contributed by atoms with Gasteiger partial charge in [-0.15, -0.1) is 24.0 Å². The molecule has 2 rings (SSSR count). The van der Waals surface area contributed by atoms with Gasteiger partial charge in [0.05, 0.1) is 6.61 Å². The maximum absolute atomic E-state index is 5.05. The first-order valence-electron chi connectivity index (χ1n) is 9.15. The number of guanidine groups is 1. The zero-order valence-electron chi connectivity index (χ0n) is 16.3. The number of hydrogen-bond acceptors (Lipinski definition) is 4. The molecule has 148 valence electrons. The Kier molecular flexibility index (Phi) is 11.8. The van der Waals surface area contributed by atoms with Gasteiger partial charge in [0.2, 0.25) is 0 Å². The topological polar surface area (TPSA) is 52.1 Å². The average molecular weight is 475 g/mol. The summed E-state index contributed by atoms with van der Waals surface area (Å²) in [6, 6.07) is 11.3. The summed E-state index contributed by atoms with van der Waals surface area (Å²) in [6.45, 7) is 6.81. The Labute approximate surface area is 175 Å². The monoisotopic (exact) mass is 475 g/mol. The Bertz CT molecular complexity index is 514. The summed E-state index contributed by atoms with van der Waals surface area (Å²) < 4.78 is 5.05. The normalized spacial score (nSPS) is 19.0. The molecule has 0 saturated carbocycles. The molecule has 6 nitrogen and oxygen atoms in total. The van der Waals surface area contributed by atoms with Gasteiger partial charge < -0.3 is 20.3 Å². The standard InChI is InChI=1S/C19H33N5O.HI/c1-20-19(22-11-15-25-3)21-10-7-12-24-14-13-23(2)16-18(24)17-8-5-4-6-9-17;/h4-6,8-9,18H,7,10-16H2,1-3H3,(H2,20,21,22);1H. The van der Waals surface area contributed by atoms with Gasteiger partial charge in [-0.25, -0.2) is 0 Å². The van der Waals surface area contributed by atoms with E-state index in [-0.39, 0.29) is 24.0 Å². The molecule has 2 N–H and O–H groups in total. The molecular weight excluding hydrogens is 441 g/mol. The first-order chi connectivity index (χ1) is 12.2. The van der Waals surface area contributed by atoms with E-state index in [1.54, 1.807) is 14.2 Å². The molecule has 1 aliphatic heterocycles. The van der Waals surface area contributed by atoms with E-state index in [0.29, 0.717) is 12.6 Å². The Morgan fingerprint density at radius 1 is 1.19 bits per heavy atom. The van der Waals surface area contributed by atoms with Gasteiger partial charge in [-0.3, -0.25) is 9.89 Å². The third-order valence-electron chi connectivity index (χ3n) is 4.62. The molecule has 0 aliphatic carbocycles. The van der Waals surface area contributed by atoms with Crippen LogP contribution in [0.25, 0.3) is 0 Å². The van der Waals surface area contributed by atoms with E-state index in [0.717, 1.165) is 51.6 Å². The smallest absolute Gasteiger partial charge is 0.191 e. The third kappa shape index (κ3) is 7.77. The second-order valence-corrected chi connectivity index (χ2v) is 6.50. The molecule has 1 saturated heterocycles. The van der Waals surface area contributed by atoms with Gasteiger partial charge in [0.25, 0.3) is 0 Å². The Morgan fingerprint density at radius 2 is 1.92 bits per heavy atom. The molecule has 1 atom stereocenters. The van der Waals surface area contributed by atoms with Gasteiger partial charge in [-0.1, -0.05) is 30.3 Å². The van der Waals surface area contributed by atoms with Crippen LogP contribution in [-0.2, 0) is 4.74 Å². The van der Waals surface area contributed by atoms with Crippen molar-refractivity contribution in [3.05, 3.63) is 35.9 Å². The molecule has 1 aromatic carbocycles. The number of halogens is 1. The molecule has 0 radical (unpaired) electrons. The van der Waals surface area contributed by atoms with Crippen molar-refractivity contribution >= 4 is 29.9 Å². The highest BCUT2D eigenvalue weighted by molar-refractivity contribution is 14.0. The largest absolute Gasteiger partial charge is 0.383 e. The number of rotatable bonds is 8. The lowest BCUT2D eigenvalue weighted by Crippen LogP contribution is -2.47. The lowest BCUT2D eigenvalue weighted by molar-refractivity contribution is 0.0891. The summed E-state index contributed by atoms with van der Waals surface area (Å²) in [4.78, 5) is 9.27. The Morgan fingerprint density at radius 3 is 2.62 bits per heavy atom. The summed E-state index contributed by atoms with van der Waals surface area (Å²) in [5, 5.41) is 6.62. The van der Waals surface area contributed by atoms with Crippen molar-refractivity contribution < 1.29 is 4.74 Å².